The molecule has 1 fully saturated rings. The minimum atomic E-state index is -3.79. The van der Waals surface area contributed by atoms with Gasteiger partial charge in [-0.2, -0.15) is 0 Å². The van der Waals surface area contributed by atoms with Crippen LogP contribution in [0.1, 0.15) is 18.2 Å². The Morgan fingerprint density at radius 2 is 2.08 bits per heavy atom. The van der Waals surface area contributed by atoms with Crippen molar-refractivity contribution in [3.63, 3.8) is 0 Å². The fourth-order valence-electron chi connectivity index (χ4n) is 2.92. The number of hydrogen-bond acceptors (Lipinski definition) is 6. The average Bonchev–Trinajstić information content (AvgIpc) is 2.92. The molecule has 1 amide bonds. The van der Waals surface area contributed by atoms with E-state index in [9.17, 15) is 13.2 Å². The lowest BCUT2D eigenvalue weighted by atomic mass is 10.1. The molecule has 0 aliphatic carbocycles. The van der Waals surface area contributed by atoms with Gasteiger partial charge in [-0.1, -0.05) is 25.1 Å². The number of fused-ring (bicyclic) bond motifs is 1. The monoisotopic (exact) mass is 367 g/mol. The third-order valence-electron chi connectivity index (χ3n) is 4.00. The van der Waals surface area contributed by atoms with Crippen LogP contribution in [0.4, 0.5) is 0 Å². The van der Waals surface area contributed by atoms with Crippen LogP contribution in [0.3, 0.4) is 0 Å². The van der Waals surface area contributed by atoms with E-state index in [-0.39, 0.29) is 18.8 Å². The Kier molecular flexibility index (Phi) is 5.41. The molecule has 1 aromatic carbocycles. The van der Waals surface area contributed by atoms with Gasteiger partial charge < -0.3 is 13.9 Å². The van der Waals surface area contributed by atoms with Crippen molar-refractivity contribution in [3.8, 4) is 0 Å². The van der Waals surface area contributed by atoms with Crippen LogP contribution in [0.2, 0.25) is 0 Å². The van der Waals surface area contributed by atoms with Crippen LogP contribution < -0.4 is 4.72 Å². The summed E-state index contributed by atoms with van der Waals surface area (Å²) < 4.78 is 42.7. The second kappa shape index (κ2) is 7.55. The molecule has 25 heavy (non-hydrogen) atoms. The van der Waals surface area contributed by atoms with Crippen LogP contribution >= 0.6 is 0 Å². The molecule has 1 aromatic heterocycles. The molecular formula is C17H21NO6S. The van der Waals surface area contributed by atoms with Gasteiger partial charge in [-0.25, -0.2) is 8.42 Å². The molecule has 1 aliphatic rings. The van der Waals surface area contributed by atoms with Gasteiger partial charge in [0.2, 0.25) is 15.9 Å². The lowest BCUT2D eigenvalue weighted by molar-refractivity contribution is -0.118. The summed E-state index contributed by atoms with van der Waals surface area (Å²) in [4.78, 5) is 12.3. The number of benzene rings is 1. The first-order valence-corrected chi connectivity index (χ1v) is 9.85. The van der Waals surface area contributed by atoms with Crippen molar-refractivity contribution >= 4 is 26.9 Å². The smallest absolute Gasteiger partial charge is 0.238 e. The minimum absolute atomic E-state index is 0.0541. The standard InChI is InChI=1S/C17H21NO6S/c1-2-15-14(13-5-3-4-6-16(13)24-15)9-17(19)18-25(20,21)11-12-10-22-7-8-23-12/h3-6,12H,2,7-11H2,1H3,(H,18,19). The Bertz CT molecular complexity index is 851. The number of hydrogen-bond donors (Lipinski definition) is 1. The molecule has 1 aliphatic heterocycles. The summed E-state index contributed by atoms with van der Waals surface area (Å²) in [7, 11) is -3.79. The lowest BCUT2D eigenvalue weighted by Crippen LogP contribution is -2.41. The molecule has 2 aromatic rings. The third kappa shape index (κ3) is 4.39. The quantitative estimate of drug-likeness (QED) is 0.829. The van der Waals surface area contributed by atoms with E-state index < -0.39 is 22.0 Å². The van der Waals surface area contributed by atoms with Gasteiger partial charge in [0.1, 0.15) is 11.3 Å². The number of carbonyl (C=O) groups is 1. The Morgan fingerprint density at radius 1 is 1.28 bits per heavy atom. The van der Waals surface area contributed by atoms with Gasteiger partial charge in [0.15, 0.2) is 0 Å². The topological polar surface area (TPSA) is 94.8 Å². The summed E-state index contributed by atoms with van der Waals surface area (Å²) in [5.41, 5.74) is 1.42. The molecule has 8 heteroatoms. The summed E-state index contributed by atoms with van der Waals surface area (Å²) in [5.74, 6) is -0.193. The summed E-state index contributed by atoms with van der Waals surface area (Å²) in [6.45, 7) is 2.95. The summed E-state index contributed by atoms with van der Waals surface area (Å²) in [5, 5.41) is 0.830. The maximum atomic E-state index is 12.3. The lowest BCUT2D eigenvalue weighted by Gasteiger charge is -2.22. The van der Waals surface area contributed by atoms with E-state index in [1.54, 1.807) is 0 Å². The van der Waals surface area contributed by atoms with Gasteiger partial charge in [-0.05, 0) is 6.07 Å². The number of sulfonamides is 1. The zero-order chi connectivity index (χ0) is 17.9. The van der Waals surface area contributed by atoms with E-state index in [1.807, 2.05) is 31.2 Å². The van der Waals surface area contributed by atoms with Crippen LogP contribution in [-0.2, 0) is 37.1 Å². The van der Waals surface area contributed by atoms with Gasteiger partial charge in [0.05, 0.1) is 38.1 Å². The van der Waals surface area contributed by atoms with Gasteiger partial charge >= 0.3 is 0 Å². The van der Waals surface area contributed by atoms with E-state index in [2.05, 4.69) is 4.72 Å². The minimum Gasteiger partial charge on any atom is -0.461 e. The van der Waals surface area contributed by atoms with Crippen LogP contribution in [0.5, 0.6) is 0 Å². The van der Waals surface area contributed by atoms with Crippen molar-refractivity contribution in [3.05, 3.63) is 35.6 Å². The first-order chi connectivity index (χ1) is 12.0. The predicted molar refractivity (Wildman–Crippen MR) is 91.8 cm³/mol. The molecule has 136 valence electrons. The van der Waals surface area contributed by atoms with E-state index in [1.165, 1.54) is 0 Å². The maximum Gasteiger partial charge on any atom is 0.238 e. The molecule has 0 spiro atoms. The first kappa shape index (κ1) is 17.9. The van der Waals surface area contributed by atoms with Crippen molar-refractivity contribution in [2.24, 2.45) is 0 Å². The normalized spacial score (nSPS) is 18.4. The van der Waals surface area contributed by atoms with Crippen LogP contribution in [0, 0.1) is 0 Å². The molecule has 2 heterocycles. The Hall–Kier alpha value is -1.90. The second-order valence-corrected chi connectivity index (χ2v) is 7.67. The Morgan fingerprint density at radius 3 is 2.80 bits per heavy atom. The second-order valence-electron chi connectivity index (χ2n) is 5.90. The number of amides is 1. The molecular weight excluding hydrogens is 346 g/mol. The Balaban J connectivity index is 1.70. The molecule has 0 bridgehead atoms. The van der Waals surface area contributed by atoms with Crippen molar-refractivity contribution in [2.45, 2.75) is 25.9 Å². The van der Waals surface area contributed by atoms with E-state index in [0.29, 0.717) is 31.0 Å². The summed E-state index contributed by atoms with van der Waals surface area (Å²) in [6.07, 6.45) is 0.0126. The van der Waals surface area contributed by atoms with Gasteiger partial charge in [-0.3, -0.25) is 9.52 Å². The van der Waals surface area contributed by atoms with Crippen LogP contribution in [0.25, 0.3) is 11.0 Å². The number of furan rings is 1. The molecule has 0 saturated carbocycles. The highest BCUT2D eigenvalue weighted by Crippen LogP contribution is 2.26. The molecule has 3 rings (SSSR count). The highest BCUT2D eigenvalue weighted by Gasteiger charge is 2.25. The van der Waals surface area contributed by atoms with Gasteiger partial charge in [0.25, 0.3) is 0 Å². The summed E-state index contributed by atoms with van der Waals surface area (Å²) in [6, 6.07) is 7.40. The SMILES string of the molecule is CCc1oc2ccccc2c1CC(=O)NS(=O)(=O)CC1COCCO1. The fraction of sp³-hybridized carbons (Fsp3) is 0.471. The largest absolute Gasteiger partial charge is 0.461 e. The molecule has 1 atom stereocenters. The zero-order valence-electron chi connectivity index (χ0n) is 14.0. The van der Waals surface area contributed by atoms with E-state index >= 15 is 0 Å². The number of para-hydroxylation sites is 1. The molecule has 1 unspecified atom stereocenters. The van der Waals surface area contributed by atoms with Crippen molar-refractivity contribution < 1.29 is 27.1 Å². The third-order valence-corrected chi connectivity index (χ3v) is 5.35. The first-order valence-electron chi connectivity index (χ1n) is 8.20. The number of aryl methyl sites for hydroxylation is 1. The summed E-state index contributed by atoms with van der Waals surface area (Å²) >= 11 is 0. The van der Waals surface area contributed by atoms with Gasteiger partial charge in [-0.15, -0.1) is 0 Å². The van der Waals surface area contributed by atoms with Crippen LogP contribution in [0.15, 0.2) is 28.7 Å². The number of rotatable bonds is 6. The van der Waals surface area contributed by atoms with Crippen LogP contribution in [-0.4, -0.2) is 46.0 Å². The highest BCUT2D eigenvalue weighted by molar-refractivity contribution is 7.90. The molecule has 1 N–H and O–H groups in total. The van der Waals surface area contributed by atoms with Crippen molar-refractivity contribution in [1.29, 1.82) is 0 Å². The molecule has 1 saturated heterocycles. The van der Waals surface area contributed by atoms with Crippen molar-refractivity contribution in [1.82, 2.24) is 4.72 Å². The van der Waals surface area contributed by atoms with Gasteiger partial charge in [0, 0.05) is 17.4 Å². The fourth-order valence-corrected chi connectivity index (χ4v) is 4.10. The number of ether oxygens (including phenoxy) is 2. The van der Waals surface area contributed by atoms with Crippen molar-refractivity contribution in [2.75, 3.05) is 25.6 Å². The number of carbonyl (C=O) groups excluding carboxylic acids is 1. The number of nitrogens with one attached hydrogen (secondary N) is 1. The molecule has 0 radical (unpaired) electrons. The Labute approximate surface area is 146 Å². The zero-order valence-corrected chi connectivity index (χ0v) is 14.8. The maximum absolute atomic E-state index is 12.3. The predicted octanol–water partition coefficient (Wildman–Crippen LogP) is 1.40. The average molecular weight is 367 g/mol. The van der Waals surface area contributed by atoms with E-state index in [4.69, 9.17) is 13.9 Å². The molecule has 7 nitrogen and oxygen atoms in total. The van der Waals surface area contributed by atoms with E-state index in [0.717, 1.165) is 10.9 Å². The highest BCUT2D eigenvalue weighted by atomic mass is 32.2.